The molecule has 7 heteroatoms. The Labute approximate surface area is 133 Å². The van der Waals surface area contributed by atoms with Crippen molar-refractivity contribution >= 4 is 33.6 Å². The first kappa shape index (κ1) is 15.0. The molecule has 0 fully saturated rings. The van der Waals surface area contributed by atoms with Crippen LogP contribution >= 0.6 is 0 Å². The minimum atomic E-state index is -2.06. The summed E-state index contributed by atoms with van der Waals surface area (Å²) in [5, 5.41) is 8.55. The summed E-state index contributed by atoms with van der Waals surface area (Å²) in [4.78, 5) is 15.8. The Morgan fingerprint density at radius 2 is 1.50 bits per heavy atom. The molecule has 112 valence electrons. The van der Waals surface area contributed by atoms with Gasteiger partial charge in [0.1, 0.15) is 0 Å². The van der Waals surface area contributed by atoms with Gasteiger partial charge in [-0.15, -0.1) is 0 Å². The summed E-state index contributed by atoms with van der Waals surface area (Å²) in [6.07, 6.45) is 3.69. The number of amidine groups is 2. The quantitative estimate of drug-likeness (QED) is 0.760. The molecule has 0 saturated carbocycles. The monoisotopic (exact) mass is 402 g/mol. The summed E-state index contributed by atoms with van der Waals surface area (Å²) in [6, 6.07) is 9.79. The summed E-state index contributed by atoms with van der Waals surface area (Å²) in [5.41, 5.74) is 7.36. The molecule has 1 aliphatic heterocycles. The van der Waals surface area contributed by atoms with Crippen molar-refractivity contribution in [2.45, 2.75) is 14.8 Å². The second-order valence-electron chi connectivity index (χ2n) is 6.04. The number of nitrogens with zero attached hydrogens (tertiary/aromatic N) is 4. The van der Waals surface area contributed by atoms with Crippen molar-refractivity contribution < 1.29 is 0 Å². The molecule has 0 aromatic carbocycles. The van der Waals surface area contributed by atoms with Crippen molar-refractivity contribution in [3.63, 3.8) is 0 Å². The van der Waals surface area contributed by atoms with Crippen molar-refractivity contribution in [1.29, 1.82) is 0 Å². The van der Waals surface area contributed by atoms with E-state index in [-0.39, 0.29) is 0 Å². The molecule has 22 heavy (non-hydrogen) atoms. The van der Waals surface area contributed by atoms with Crippen molar-refractivity contribution in [2.24, 2.45) is 10.2 Å². The third-order valence-corrected chi connectivity index (χ3v) is 9.11. The van der Waals surface area contributed by atoms with Gasteiger partial charge in [0.15, 0.2) is 0 Å². The number of rotatable bonds is 3. The number of nitrogens with one attached hydrogen (secondary N) is 2. The van der Waals surface area contributed by atoms with E-state index in [9.17, 15) is 0 Å². The van der Waals surface area contributed by atoms with Crippen LogP contribution in [0.25, 0.3) is 0 Å². The van der Waals surface area contributed by atoms with Gasteiger partial charge < -0.3 is 0 Å². The normalized spacial score (nSPS) is 14.5. The fraction of sp³-hybridized carbons (Fsp3) is 0.200. The third kappa shape index (κ3) is 3.27. The molecule has 0 radical (unpaired) electrons. The van der Waals surface area contributed by atoms with E-state index >= 15 is 0 Å². The molecule has 0 unspecified atom stereocenters. The van der Waals surface area contributed by atoms with Crippen LogP contribution in [0.2, 0.25) is 14.8 Å². The van der Waals surface area contributed by atoms with E-state index in [4.69, 9.17) is 0 Å². The van der Waals surface area contributed by atoms with E-state index in [0.717, 1.165) is 11.4 Å². The topological polar surface area (TPSA) is 74.6 Å². The summed E-state index contributed by atoms with van der Waals surface area (Å²) < 4.78 is 1.39. The minimum absolute atomic E-state index is 0.590. The first-order valence-corrected chi connectivity index (χ1v) is 17.1. The molecule has 2 N–H and O–H groups in total. The zero-order valence-corrected chi connectivity index (χ0v) is 15.7. The van der Waals surface area contributed by atoms with Crippen LogP contribution in [0, 0.1) is 0 Å². The molecule has 0 spiro atoms. The predicted octanol–water partition coefficient (Wildman–Crippen LogP) is 1.24. The second-order valence-corrected chi connectivity index (χ2v) is 20.5. The Bertz CT molecular complexity index is 716. The number of hydrogen-bond donors (Lipinski definition) is 2. The summed E-state index contributed by atoms with van der Waals surface area (Å²) in [7, 11) is 0. The van der Waals surface area contributed by atoms with Gasteiger partial charge in [-0.05, 0) is 0 Å². The zero-order chi connectivity index (χ0) is 15.6. The Kier molecular flexibility index (Phi) is 4.10. The second kappa shape index (κ2) is 6.04. The molecule has 6 nitrogen and oxygen atoms in total. The van der Waals surface area contributed by atoms with E-state index in [2.05, 4.69) is 51.9 Å². The summed E-state index contributed by atoms with van der Waals surface area (Å²) >= 11 is -2.06. The van der Waals surface area contributed by atoms with Gasteiger partial charge in [-0.1, -0.05) is 0 Å². The van der Waals surface area contributed by atoms with Crippen molar-refractivity contribution in [2.75, 3.05) is 0 Å². The Morgan fingerprint density at radius 1 is 0.818 bits per heavy atom. The van der Waals surface area contributed by atoms with Gasteiger partial charge in [0, 0.05) is 0 Å². The molecule has 2 aromatic heterocycles. The van der Waals surface area contributed by atoms with Gasteiger partial charge in [0.05, 0.1) is 0 Å². The van der Waals surface area contributed by atoms with Gasteiger partial charge in [0.25, 0.3) is 0 Å². The number of pyridine rings is 2. The number of hydrogen-bond acceptors (Lipinski definition) is 6. The van der Waals surface area contributed by atoms with Crippen molar-refractivity contribution in [3.05, 3.63) is 54.1 Å². The average molecular weight is 401 g/mol. The molecular formula is C15H18N6Sn. The first-order chi connectivity index (χ1) is 10.5. The van der Waals surface area contributed by atoms with Gasteiger partial charge in [0.2, 0.25) is 0 Å². The van der Waals surface area contributed by atoms with Crippen LogP contribution in [0.1, 0.15) is 11.4 Å². The summed E-state index contributed by atoms with van der Waals surface area (Å²) in [6.45, 7) is 0. The third-order valence-electron chi connectivity index (χ3n) is 3.33. The SMILES string of the molecule is [CH3][Sn]([CH3])([CH3])[c]1ccc(C2=NNC(c3ccccn3)=NN2)nc1. The molecule has 0 bridgehead atoms. The van der Waals surface area contributed by atoms with Crippen LogP contribution in [0.4, 0.5) is 0 Å². The maximum atomic E-state index is 4.50. The predicted molar refractivity (Wildman–Crippen MR) is 90.8 cm³/mol. The Balaban J connectivity index is 1.75. The first-order valence-electron chi connectivity index (χ1n) is 7.10. The van der Waals surface area contributed by atoms with E-state index in [0.29, 0.717) is 11.7 Å². The van der Waals surface area contributed by atoms with E-state index in [1.165, 1.54) is 3.58 Å². The van der Waals surface area contributed by atoms with E-state index in [1.807, 2.05) is 30.5 Å². The van der Waals surface area contributed by atoms with Gasteiger partial charge in [-0.25, -0.2) is 0 Å². The molecule has 0 amide bonds. The van der Waals surface area contributed by atoms with Gasteiger partial charge in [-0.2, -0.15) is 0 Å². The Hall–Kier alpha value is -1.96. The fourth-order valence-corrected chi connectivity index (χ4v) is 4.93. The van der Waals surface area contributed by atoms with Crippen LogP contribution in [-0.2, 0) is 0 Å². The number of aromatic nitrogens is 2. The Morgan fingerprint density at radius 3 is 1.95 bits per heavy atom. The van der Waals surface area contributed by atoms with E-state index < -0.39 is 18.4 Å². The van der Waals surface area contributed by atoms with Crippen LogP contribution < -0.4 is 14.4 Å². The maximum absolute atomic E-state index is 4.50. The van der Waals surface area contributed by atoms with Crippen molar-refractivity contribution in [1.82, 2.24) is 20.8 Å². The summed E-state index contributed by atoms with van der Waals surface area (Å²) in [5.74, 6) is 1.20. The molecule has 0 atom stereocenters. The van der Waals surface area contributed by atoms with Gasteiger partial charge >= 0.3 is 134 Å². The van der Waals surface area contributed by atoms with E-state index in [1.54, 1.807) is 6.20 Å². The standard InChI is InChI=1S/C12H9N6.3CH3.Sn/c1-3-7-13-9(5-1)11-15-17-12(18-16-11)10-6-2-4-8-14-10;;;;/h1-3,5-8H,(H,15,16)(H,17,18);3*1H3;. The molecule has 3 rings (SSSR count). The average Bonchev–Trinajstić information content (AvgIpc) is 2.55. The molecule has 1 aliphatic rings. The molecule has 0 saturated heterocycles. The molecular weight excluding hydrogens is 383 g/mol. The van der Waals surface area contributed by atoms with Crippen LogP contribution in [0.5, 0.6) is 0 Å². The number of hydrazone groups is 2. The zero-order valence-electron chi connectivity index (χ0n) is 12.8. The molecule has 3 heterocycles. The van der Waals surface area contributed by atoms with Gasteiger partial charge in [-0.3, -0.25) is 0 Å². The van der Waals surface area contributed by atoms with Crippen molar-refractivity contribution in [3.8, 4) is 0 Å². The van der Waals surface area contributed by atoms with Crippen LogP contribution in [-0.4, -0.2) is 40.0 Å². The van der Waals surface area contributed by atoms with Crippen LogP contribution in [0.15, 0.2) is 52.9 Å². The van der Waals surface area contributed by atoms with Crippen LogP contribution in [0.3, 0.4) is 0 Å². The fourth-order valence-electron chi connectivity index (χ4n) is 1.98. The molecule has 0 aliphatic carbocycles. The molecule has 2 aromatic rings.